The summed E-state index contributed by atoms with van der Waals surface area (Å²) in [5.41, 5.74) is 0.726. The fourth-order valence-corrected chi connectivity index (χ4v) is 1.96. The number of aliphatic hydroxyl groups is 1. The molecule has 1 fully saturated rings. The minimum atomic E-state index is -0.460. The molecule has 0 radical (unpaired) electrons. The quantitative estimate of drug-likeness (QED) is 0.859. The standard InChI is InChI=1S/C13H17NO4/c1-14-6-5-11(13(14)16)18-12-7-9(8-15)3-4-10(12)17-2/h3-4,7,11,15H,5-6,8H2,1-2H3. The van der Waals surface area contributed by atoms with Gasteiger partial charge in [0, 0.05) is 20.0 Å². The SMILES string of the molecule is COc1ccc(CO)cc1OC1CCN(C)C1=O. The third kappa shape index (κ3) is 2.41. The van der Waals surface area contributed by atoms with Crippen molar-refractivity contribution in [1.82, 2.24) is 4.90 Å². The topological polar surface area (TPSA) is 59.0 Å². The number of benzene rings is 1. The van der Waals surface area contributed by atoms with Crippen LogP contribution in [0.1, 0.15) is 12.0 Å². The smallest absolute Gasteiger partial charge is 0.263 e. The summed E-state index contributed by atoms with van der Waals surface area (Å²) in [5, 5.41) is 9.11. The number of hydrogen-bond acceptors (Lipinski definition) is 4. The van der Waals surface area contributed by atoms with Gasteiger partial charge in [0.1, 0.15) is 0 Å². The number of carbonyl (C=O) groups is 1. The number of methoxy groups -OCH3 is 1. The number of rotatable bonds is 4. The van der Waals surface area contributed by atoms with Gasteiger partial charge in [-0.1, -0.05) is 6.07 Å². The van der Waals surface area contributed by atoms with Crippen LogP contribution in [0.5, 0.6) is 11.5 Å². The summed E-state index contributed by atoms with van der Waals surface area (Å²) in [7, 11) is 3.30. The van der Waals surface area contributed by atoms with Gasteiger partial charge in [-0.25, -0.2) is 0 Å². The minimum Gasteiger partial charge on any atom is -0.493 e. The van der Waals surface area contributed by atoms with Gasteiger partial charge < -0.3 is 19.5 Å². The maximum atomic E-state index is 11.8. The monoisotopic (exact) mass is 251 g/mol. The Hall–Kier alpha value is -1.75. The predicted octanol–water partition coefficient (Wildman–Crippen LogP) is 0.797. The lowest BCUT2D eigenvalue weighted by Crippen LogP contribution is -2.29. The third-order valence-electron chi connectivity index (χ3n) is 3.06. The van der Waals surface area contributed by atoms with Crippen molar-refractivity contribution in [2.45, 2.75) is 19.1 Å². The van der Waals surface area contributed by atoms with E-state index in [1.165, 1.54) is 0 Å². The number of amides is 1. The van der Waals surface area contributed by atoms with E-state index in [2.05, 4.69) is 0 Å². The van der Waals surface area contributed by atoms with Gasteiger partial charge in [0.2, 0.25) is 0 Å². The second kappa shape index (κ2) is 5.27. The van der Waals surface area contributed by atoms with Gasteiger partial charge >= 0.3 is 0 Å². The van der Waals surface area contributed by atoms with E-state index in [1.54, 1.807) is 37.3 Å². The molecule has 18 heavy (non-hydrogen) atoms. The van der Waals surface area contributed by atoms with Crippen LogP contribution < -0.4 is 9.47 Å². The van der Waals surface area contributed by atoms with E-state index in [9.17, 15) is 4.79 Å². The molecule has 0 bridgehead atoms. The Morgan fingerprint density at radius 1 is 1.44 bits per heavy atom. The molecular formula is C13H17NO4. The van der Waals surface area contributed by atoms with Crippen molar-refractivity contribution >= 4 is 5.91 Å². The van der Waals surface area contributed by atoms with Gasteiger partial charge in [0.15, 0.2) is 17.6 Å². The highest BCUT2D eigenvalue weighted by molar-refractivity contribution is 5.83. The summed E-state index contributed by atoms with van der Waals surface area (Å²) in [6, 6.07) is 5.18. The van der Waals surface area contributed by atoms with Crippen LogP contribution >= 0.6 is 0 Å². The molecule has 1 aliphatic heterocycles. The molecule has 98 valence electrons. The van der Waals surface area contributed by atoms with Gasteiger partial charge in [0.25, 0.3) is 5.91 Å². The Morgan fingerprint density at radius 3 is 2.78 bits per heavy atom. The number of likely N-dealkylation sites (N-methyl/N-ethyl adjacent to an activating group) is 1. The van der Waals surface area contributed by atoms with E-state index in [4.69, 9.17) is 14.6 Å². The number of ether oxygens (including phenoxy) is 2. The van der Waals surface area contributed by atoms with Crippen LogP contribution in [-0.2, 0) is 11.4 Å². The molecule has 2 rings (SSSR count). The fourth-order valence-electron chi connectivity index (χ4n) is 1.96. The molecule has 0 aromatic heterocycles. The summed E-state index contributed by atoms with van der Waals surface area (Å²) < 4.78 is 10.9. The Kier molecular flexibility index (Phi) is 3.72. The fraction of sp³-hybridized carbons (Fsp3) is 0.462. The normalized spacial score (nSPS) is 19.2. The minimum absolute atomic E-state index is 0.0218. The van der Waals surface area contributed by atoms with Crippen molar-refractivity contribution < 1.29 is 19.4 Å². The Balaban J connectivity index is 2.19. The molecule has 1 N–H and O–H groups in total. The first-order valence-electron chi connectivity index (χ1n) is 5.85. The molecule has 1 aliphatic rings. The van der Waals surface area contributed by atoms with Crippen LogP contribution in [0.15, 0.2) is 18.2 Å². The second-order valence-corrected chi connectivity index (χ2v) is 4.30. The van der Waals surface area contributed by atoms with Gasteiger partial charge in [-0.3, -0.25) is 4.79 Å². The summed E-state index contributed by atoms with van der Waals surface area (Å²) >= 11 is 0. The second-order valence-electron chi connectivity index (χ2n) is 4.30. The lowest BCUT2D eigenvalue weighted by Gasteiger charge is -2.16. The zero-order valence-corrected chi connectivity index (χ0v) is 10.5. The average molecular weight is 251 g/mol. The van der Waals surface area contributed by atoms with Gasteiger partial charge in [-0.2, -0.15) is 0 Å². The highest BCUT2D eigenvalue weighted by Crippen LogP contribution is 2.30. The molecule has 0 saturated carbocycles. The number of aliphatic hydroxyl groups excluding tert-OH is 1. The van der Waals surface area contributed by atoms with Crippen molar-refractivity contribution in [2.24, 2.45) is 0 Å². The maximum absolute atomic E-state index is 11.8. The number of nitrogens with zero attached hydrogens (tertiary/aromatic N) is 1. The maximum Gasteiger partial charge on any atom is 0.263 e. The highest BCUT2D eigenvalue weighted by atomic mass is 16.5. The molecule has 1 amide bonds. The lowest BCUT2D eigenvalue weighted by molar-refractivity contribution is -0.132. The third-order valence-corrected chi connectivity index (χ3v) is 3.06. The molecule has 1 unspecified atom stereocenters. The first kappa shape index (κ1) is 12.7. The van der Waals surface area contributed by atoms with Gasteiger partial charge in [0.05, 0.1) is 13.7 Å². The van der Waals surface area contributed by atoms with Crippen LogP contribution in [0.25, 0.3) is 0 Å². The molecule has 1 atom stereocenters. The number of likely N-dealkylation sites (tertiary alicyclic amines) is 1. The van der Waals surface area contributed by atoms with Crippen LogP contribution in [0.3, 0.4) is 0 Å². The molecule has 0 aliphatic carbocycles. The molecule has 1 heterocycles. The zero-order chi connectivity index (χ0) is 13.1. The van der Waals surface area contributed by atoms with Crippen molar-refractivity contribution in [3.63, 3.8) is 0 Å². The highest BCUT2D eigenvalue weighted by Gasteiger charge is 2.31. The van der Waals surface area contributed by atoms with Gasteiger partial charge in [-0.15, -0.1) is 0 Å². The molecule has 5 heteroatoms. The van der Waals surface area contributed by atoms with E-state index in [1.807, 2.05) is 0 Å². The molecule has 5 nitrogen and oxygen atoms in total. The summed E-state index contributed by atoms with van der Waals surface area (Å²) in [6.45, 7) is 0.629. The average Bonchev–Trinajstić information content (AvgIpc) is 2.70. The van der Waals surface area contributed by atoms with Crippen molar-refractivity contribution in [1.29, 1.82) is 0 Å². The van der Waals surface area contributed by atoms with Crippen molar-refractivity contribution in [2.75, 3.05) is 20.7 Å². The molecular weight excluding hydrogens is 234 g/mol. The van der Waals surface area contributed by atoms with Crippen LogP contribution in [-0.4, -0.2) is 42.7 Å². The molecule has 1 aromatic rings. The Bertz CT molecular complexity index is 447. The first-order valence-corrected chi connectivity index (χ1v) is 5.85. The Labute approximate surface area is 106 Å². The summed E-state index contributed by atoms with van der Waals surface area (Å²) in [5.74, 6) is 1.04. The van der Waals surface area contributed by atoms with Gasteiger partial charge in [-0.05, 0) is 17.7 Å². The van der Waals surface area contributed by atoms with E-state index < -0.39 is 6.10 Å². The lowest BCUT2D eigenvalue weighted by atomic mass is 10.2. The zero-order valence-electron chi connectivity index (χ0n) is 10.5. The Morgan fingerprint density at radius 2 is 2.22 bits per heavy atom. The molecule has 1 aromatic carbocycles. The van der Waals surface area contributed by atoms with E-state index in [0.717, 1.165) is 5.56 Å². The van der Waals surface area contributed by atoms with E-state index >= 15 is 0 Å². The van der Waals surface area contributed by atoms with E-state index in [0.29, 0.717) is 24.5 Å². The molecule has 1 saturated heterocycles. The van der Waals surface area contributed by atoms with Crippen LogP contribution in [0.2, 0.25) is 0 Å². The summed E-state index contributed by atoms with van der Waals surface area (Å²) in [4.78, 5) is 13.4. The first-order chi connectivity index (χ1) is 8.65. The number of carbonyl (C=O) groups excluding carboxylic acids is 1. The van der Waals surface area contributed by atoms with E-state index in [-0.39, 0.29) is 12.5 Å². The predicted molar refractivity (Wildman–Crippen MR) is 65.6 cm³/mol. The van der Waals surface area contributed by atoms with Crippen molar-refractivity contribution in [3.8, 4) is 11.5 Å². The van der Waals surface area contributed by atoms with Crippen molar-refractivity contribution in [3.05, 3.63) is 23.8 Å². The largest absolute Gasteiger partial charge is 0.493 e. The molecule has 0 spiro atoms. The van der Waals surface area contributed by atoms with Crippen LogP contribution in [0.4, 0.5) is 0 Å². The number of hydrogen-bond donors (Lipinski definition) is 1. The van der Waals surface area contributed by atoms with Crippen LogP contribution in [0, 0.1) is 0 Å². The summed E-state index contributed by atoms with van der Waals surface area (Å²) in [6.07, 6.45) is 0.208.